The third-order valence-corrected chi connectivity index (χ3v) is 1.80. The van der Waals surface area contributed by atoms with E-state index in [1.807, 2.05) is 0 Å². The van der Waals surface area contributed by atoms with Crippen LogP contribution in [0.4, 0.5) is 0 Å². The summed E-state index contributed by atoms with van der Waals surface area (Å²) in [5.74, 6) is 0. The number of rotatable bonds is 8. The molecule has 0 spiro atoms. The number of ether oxygens (including phenoxy) is 1. The zero-order valence-electron chi connectivity index (χ0n) is 7.74. The molecule has 0 aromatic rings. The predicted octanol–water partition coefficient (Wildman–Crippen LogP) is 2.30. The average molecular weight is 236 g/mol. The fourth-order valence-corrected chi connectivity index (χ4v) is 1.10. The number of hydrogen-bond donors (Lipinski definition) is 1. The second kappa shape index (κ2) is 9.23. The lowest BCUT2D eigenvalue weighted by atomic mass is 10.2. The Morgan fingerprint density at radius 2 is 2.17 bits per heavy atom. The summed E-state index contributed by atoms with van der Waals surface area (Å²) in [5.41, 5.74) is 0. The lowest BCUT2D eigenvalue weighted by Crippen LogP contribution is -2.16. The van der Waals surface area contributed by atoms with Gasteiger partial charge in [-0.05, 0) is 25.8 Å². The third-order valence-electron chi connectivity index (χ3n) is 1.52. The van der Waals surface area contributed by atoms with Gasteiger partial charge in [-0.15, -0.1) is 0 Å². The Hall–Kier alpha value is 0.140. The Morgan fingerprint density at radius 3 is 2.75 bits per heavy atom. The van der Waals surface area contributed by atoms with Crippen LogP contribution < -0.4 is 5.32 Å². The number of hydrogen-bond acceptors (Lipinski definition) is 2. The third kappa shape index (κ3) is 10.1. The van der Waals surface area contributed by atoms with Gasteiger partial charge in [0.25, 0.3) is 0 Å². The molecule has 0 aliphatic carbocycles. The number of unbranched alkanes of at least 4 members (excludes halogenated alkanes) is 2. The molecule has 72 valence electrons. The van der Waals surface area contributed by atoms with E-state index in [-0.39, 0.29) is 0 Å². The van der Waals surface area contributed by atoms with Gasteiger partial charge in [-0.25, -0.2) is 0 Å². The maximum Gasteiger partial charge on any atom is 0.0462 e. The van der Waals surface area contributed by atoms with E-state index in [4.69, 9.17) is 4.74 Å². The molecule has 0 atom stereocenters. The van der Waals surface area contributed by atoms with Gasteiger partial charge in [0.15, 0.2) is 0 Å². The van der Waals surface area contributed by atoms with Crippen LogP contribution in [0, 0.1) is 0 Å². The summed E-state index contributed by atoms with van der Waals surface area (Å²) >= 11 is 3.29. The van der Waals surface area contributed by atoms with Crippen molar-refractivity contribution in [3.63, 3.8) is 0 Å². The van der Waals surface area contributed by atoms with Crippen molar-refractivity contribution in [2.75, 3.05) is 26.8 Å². The minimum atomic E-state index is 0.865. The molecule has 0 radical (unpaired) electrons. The van der Waals surface area contributed by atoms with Crippen molar-refractivity contribution in [3.05, 3.63) is 11.1 Å². The molecule has 0 fully saturated rings. The highest BCUT2D eigenvalue weighted by Crippen LogP contribution is 1.98. The minimum Gasteiger partial charge on any atom is -0.385 e. The maximum absolute atomic E-state index is 4.94. The normalized spacial score (nSPS) is 10.2. The maximum atomic E-state index is 4.94. The molecular formula is C9H18BrNO. The summed E-state index contributed by atoms with van der Waals surface area (Å²) in [5, 5.41) is 3.27. The smallest absolute Gasteiger partial charge is 0.0462 e. The van der Waals surface area contributed by atoms with Crippen LogP contribution >= 0.6 is 15.9 Å². The number of nitrogens with one attached hydrogen (secondary N) is 1. The Kier molecular flexibility index (Phi) is 9.34. The highest BCUT2D eigenvalue weighted by Gasteiger charge is 1.89. The molecule has 0 aliphatic rings. The van der Waals surface area contributed by atoms with Gasteiger partial charge < -0.3 is 10.1 Å². The Bertz CT molecular complexity index is 117. The molecule has 0 amide bonds. The number of methoxy groups -OCH3 is 1. The molecule has 3 heteroatoms. The first-order chi connectivity index (χ1) is 5.77. The average Bonchev–Trinajstić information content (AvgIpc) is 2.02. The SMILES string of the molecule is C=C(Br)CNCCCCCOC. The molecule has 0 rings (SSSR count). The van der Waals surface area contributed by atoms with Crippen LogP contribution in [-0.2, 0) is 4.74 Å². The summed E-state index contributed by atoms with van der Waals surface area (Å²) in [4.78, 5) is 0. The van der Waals surface area contributed by atoms with Crippen molar-refractivity contribution in [2.24, 2.45) is 0 Å². The molecule has 0 aromatic carbocycles. The van der Waals surface area contributed by atoms with E-state index < -0.39 is 0 Å². The fourth-order valence-electron chi connectivity index (χ4n) is 0.897. The lowest BCUT2D eigenvalue weighted by molar-refractivity contribution is 0.192. The van der Waals surface area contributed by atoms with Crippen molar-refractivity contribution in [1.82, 2.24) is 5.32 Å². The zero-order valence-corrected chi connectivity index (χ0v) is 9.32. The van der Waals surface area contributed by atoms with E-state index >= 15 is 0 Å². The van der Waals surface area contributed by atoms with Gasteiger partial charge >= 0.3 is 0 Å². The van der Waals surface area contributed by atoms with E-state index in [0.29, 0.717) is 0 Å². The topological polar surface area (TPSA) is 21.3 Å². The number of halogens is 1. The van der Waals surface area contributed by atoms with Crippen LogP contribution in [0.15, 0.2) is 11.1 Å². The van der Waals surface area contributed by atoms with E-state index in [9.17, 15) is 0 Å². The van der Waals surface area contributed by atoms with Crippen molar-refractivity contribution in [1.29, 1.82) is 0 Å². The minimum absolute atomic E-state index is 0.865. The Balaban J connectivity index is 2.86. The van der Waals surface area contributed by atoms with E-state index in [2.05, 4.69) is 27.8 Å². The molecule has 2 nitrogen and oxygen atoms in total. The van der Waals surface area contributed by atoms with Gasteiger partial charge in [0.05, 0.1) is 0 Å². The van der Waals surface area contributed by atoms with Crippen LogP contribution in [0.3, 0.4) is 0 Å². The summed E-state index contributed by atoms with van der Waals surface area (Å²) in [6, 6.07) is 0. The van der Waals surface area contributed by atoms with Crippen molar-refractivity contribution >= 4 is 15.9 Å². The van der Waals surface area contributed by atoms with Gasteiger partial charge in [0, 0.05) is 24.7 Å². The molecular weight excluding hydrogens is 218 g/mol. The van der Waals surface area contributed by atoms with E-state index in [1.54, 1.807) is 7.11 Å². The van der Waals surface area contributed by atoms with Crippen molar-refractivity contribution < 1.29 is 4.74 Å². The first kappa shape index (κ1) is 12.1. The highest BCUT2D eigenvalue weighted by atomic mass is 79.9. The van der Waals surface area contributed by atoms with Crippen LogP contribution in [-0.4, -0.2) is 26.8 Å². The summed E-state index contributed by atoms with van der Waals surface area (Å²) < 4.78 is 5.96. The van der Waals surface area contributed by atoms with Gasteiger partial charge in [0.2, 0.25) is 0 Å². The van der Waals surface area contributed by atoms with E-state index in [1.165, 1.54) is 12.8 Å². The monoisotopic (exact) mass is 235 g/mol. The summed E-state index contributed by atoms with van der Waals surface area (Å²) in [6.45, 7) is 6.55. The fraction of sp³-hybridized carbons (Fsp3) is 0.778. The van der Waals surface area contributed by atoms with Gasteiger partial charge in [0.1, 0.15) is 0 Å². The van der Waals surface area contributed by atoms with Gasteiger partial charge in [-0.3, -0.25) is 0 Å². The molecule has 0 aliphatic heterocycles. The standard InChI is InChI=1S/C9H18BrNO/c1-9(10)8-11-6-4-3-5-7-12-2/h11H,1,3-8H2,2H3. The lowest BCUT2D eigenvalue weighted by Gasteiger charge is -2.02. The molecule has 0 saturated carbocycles. The van der Waals surface area contributed by atoms with E-state index in [0.717, 1.165) is 30.6 Å². The van der Waals surface area contributed by atoms with Gasteiger partial charge in [-0.1, -0.05) is 22.5 Å². The van der Waals surface area contributed by atoms with Crippen molar-refractivity contribution in [3.8, 4) is 0 Å². The zero-order chi connectivity index (χ0) is 9.23. The van der Waals surface area contributed by atoms with Crippen LogP contribution in [0.1, 0.15) is 19.3 Å². The Morgan fingerprint density at radius 1 is 1.42 bits per heavy atom. The highest BCUT2D eigenvalue weighted by molar-refractivity contribution is 9.11. The molecule has 0 saturated heterocycles. The first-order valence-corrected chi connectivity index (χ1v) is 5.09. The molecule has 0 heterocycles. The molecule has 12 heavy (non-hydrogen) atoms. The van der Waals surface area contributed by atoms with Crippen LogP contribution in [0.25, 0.3) is 0 Å². The molecule has 0 aromatic heterocycles. The summed E-state index contributed by atoms with van der Waals surface area (Å²) in [6.07, 6.45) is 3.60. The van der Waals surface area contributed by atoms with Crippen molar-refractivity contribution in [2.45, 2.75) is 19.3 Å². The van der Waals surface area contributed by atoms with Gasteiger partial charge in [-0.2, -0.15) is 0 Å². The second-order valence-electron chi connectivity index (χ2n) is 2.75. The molecule has 0 unspecified atom stereocenters. The quantitative estimate of drug-likeness (QED) is 0.653. The van der Waals surface area contributed by atoms with Crippen LogP contribution in [0.2, 0.25) is 0 Å². The largest absolute Gasteiger partial charge is 0.385 e. The second-order valence-corrected chi connectivity index (χ2v) is 3.87. The summed E-state index contributed by atoms with van der Waals surface area (Å²) in [7, 11) is 1.74. The molecule has 0 bridgehead atoms. The molecule has 1 N–H and O–H groups in total. The first-order valence-electron chi connectivity index (χ1n) is 4.30. The Labute approximate surface area is 83.5 Å². The van der Waals surface area contributed by atoms with Crippen LogP contribution in [0.5, 0.6) is 0 Å². The predicted molar refractivity (Wildman–Crippen MR) is 56.7 cm³/mol.